The molecule has 3 aromatic carbocycles. The first-order valence-electron chi connectivity index (χ1n) is 10.6. The molecule has 0 fully saturated rings. The number of nitriles is 1. The Morgan fingerprint density at radius 1 is 0.882 bits per heavy atom. The van der Waals surface area contributed by atoms with Gasteiger partial charge in [0.05, 0.1) is 12.2 Å². The maximum absolute atomic E-state index is 13.0. The zero-order valence-corrected chi connectivity index (χ0v) is 18.7. The van der Waals surface area contributed by atoms with E-state index < -0.39 is 11.9 Å². The molecule has 6 nitrogen and oxygen atoms in total. The molecule has 0 aliphatic heterocycles. The molecular formula is C28H24N2O4. The lowest BCUT2D eigenvalue weighted by Gasteiger charge is -2.09. The van der Waals surface area contributed by atoms with Gasteiger partial charge in [-0.3, -0.25) is 4.79 Å². The molecule has 0 radical (unpaired) electrons. The summed E-state index contributed by atoms with van der Waals surface area (Å²) in [4.78, 5) is 25.1. The number of methoxy groups -OCH3 is 1. The number of carbonyl (C=O) groups excluding carboxylic acids is 2. The highest BCUT2D eigenvalue weighted by Gasteiger charge is 2.15. The van der Waals surface area contributed by atoms with Crippen molar-refractivity contribution in [2.75, 3.05) is 20.3 Å². The summed E-state index contributed by atoms with van der Waals surface area (Å²) in [6.45, 7) is 0.664. The van der Waals surface area contributed by atoms with Gasteiger partial charge < -0.3 is 14.8 Å². The van der Waals surface area contributed by atoms with E-state index in [2.05, 4.69) is 5.32 Å². The maximum atomic E-state index is 13.0. The Bertz CT molecular complexity index is 1210. The van der Waals surface area contributed by atoms with Crippen molar-refractivity contribution in [2.24, 2.45) is 0 Å². The molecule has 3 rings (SSSR count). The van der Waals surface area contributed by atoms with Crippen LogP contribution in [0.4, 0.5) is 0 Å². The van der Waals surface area contributed by atoms with Crippen LogP contribution in [-0.4, -0.2) is 32.1 Å². The van der Waals surface area contributed by atoms with Crippen LogP contribution in [0, 0.1) is 11.3 Å². The third-order valence-corrected chi connectivity index (χ3v) is 4.77. The zero-order valence-electron chi connectivity index (χ0n) is 18.7. The van der Waals surface area contributed by atoms with Crippen LogP contribution < -0.4 is 10.1 Å². The molecule has 0 bridgehead atoms. The van der Waals surface area contributed by atoms with Gasteiger partial charge in [0.15, 0.2) is 0 Å². The second-order valence-electron chi connectivity index (χ2n) is 7.21. The fourth-order valence-corrected chi connectivity index (χ4v) is 3.06. The highest BCUT2D eigenvalue weighted by Crippen LogP contribution is 2.22. The third kappa shape index (κ3) is 7.02. The summed E-state index contributed by atoms with van der Waals surface area (Å²) in [5.74, 6) is -0.623. The third-order valence-electron chi connectivity index (χ3n) is 4.77. The van der Waals surface area contributed by atoms with E-state index in [0.29, 0.717) is 30.0 Å². The SMILES string of the molecule is COCCNC(=O)/C(C#N)=C/c1ccc(OC(=O)/C(=C/c2ccccc2)c2ccccc2)cc1. The molecular weight excluding hydrogens is 428 g/mol. The smallest absolute Gasteiger partial charge is 0.344 e. The molecule has 1 amide bonds. The minimum absolute atomic E-state index is 0.0296. The number of amides is 1. The summed E-state index contributed by atoms with van der Waals surface area (Å²) in [5.41, 5.74) is 2.65. The number of nitrogens with zero attached hydrogens (tertiary/aromatic N) is 1. The lowest BCUT2D eigenvalue weighted by Crippen LogP contribution is -2.27. The van der Waals surface area contributed by atoms with E-state index in [1.54, 1.807) is 30.3 Å². The molecule has 0 aromatic heterocycles. The number of esters is 1. The molecule has 0 atom stereocenters. The number of hydrogen-bond acceptors (Lipinski definition) is 5. The van der Waals surface area contributed by atoms with Gasteiger partial charge in [-0.2, -0.15) is 5.26 Å². The molecule has 170 valence electrons. The summed E-state index contributed by atoms with van der Waals surface area (Å²) in [5, 5.41) is 11.9. The molecule has 1 N–H and O–H groups in total. The van der Waals surface area contributed by atoms with Crippen LogP contribution in [0.2, 0.25) is 0 Å². The van der Waals surface area contributed by atoms with Gasteiger partial charge in [-0.25, -0.2) is 4.79 Å². The van der Waals surface area contributed by atoms with E-state index in [9.17, 15) is 14.9 Å². The Kier molecular flexibility index (Phi) is 8.92. The maximum Gasteiger partial charge on any atom is 0.344 e. The number of benzene rings is 3. The molecule has 0 unspecified atom stereocenters. The van der Waals surface area contributed by atoms with Crippen LogP contribution in [0.1, 0.15) is 16.7 Å². The number of rotatable bonds is 9. The molecule has 0 saturated carbocycles. The molecule has 0 spiro atoms. The van der Waals surface area contributed by atoms with Crippen LogP contribution in [0.25, 0.3) is 17.7 Å². The van der Waals surface area contributed by atoms with Crippen molar-refractivity contribution in [3.63, 3.8) is 0 Å². The summed E-state index contributed by atoms with van der Waals surface area (Å²) < 4.78 is 10.5. The van der Waals surface area contributed by atoms with Crippen LogP contribution in [0.15, 0.2) is 90.5 Å². The van der Waals surface area contributed by atoms with Gasteiger partial charge in [0, 0.05) is 13.7 Å². The van der Waals surface area contributed by atoms with Crippen molar-refractivity contribution in [1.82, 2.24) is 5.32 Å². The summed E-state index contributed by atoms with van der Waals surface area (Å²) in [6.07, 6.45) is 3.26. The van der Waals surface area contributed by atoms with Crippen molar-refractivity contribution < 1.29 is 19.1 Å². The van der Waals surface area contributed by atoms with Crippen molar-refractivity contribution in [2.45, 2.75) is 0 Å². The molecule has 3 aromatic rings. The van der Waals surface area contributed by atoms with E-state index in [1.165, 1.54) is 13.2 Å². The van der Waals surface area contributed by atoms with Gasteiger partial charge >= 0.3 is 5.97 Å². The summed E-state index contributed by atoms with van der Waals surface area (Å²) >= 11 is 0. The monoisotopic (exact) mass is 452 g/mol. The van der Waals surface area contributed by atoms with Crippen LogP contribution in [0.3, 0.4) is 0 Å². The molecule has 0 aliphatic carbocycles. The lowest BCUT2D eigenvalue weighted by atomic mass is 10.0. The van der Waals surface area contributed by atoms with E-state index in [-0.39, 0.29) is 5.57 Å². The lowest BCUT2D eigenvalue weighted by molar-refractivity contribution is -0.127. The molecule has 34 heavy (non-hydrogen) atoms. The Balaban J connectivity index is 1.76. The standard InChI is InChI=1S/C28H24N2O4/c1-33-17-16-30-27(31)24(20-29)18-22-12-14-25(15-13-22)34-28(32)26(23-10-6-3-7-11-23)19-21-8-4-2-5-9-21/h2-15,18-19H,16-17H2,1H3,(H,30,31)/b24-18+,26-19+. The minimum atomic E-state index is -0.492. The summed E-state index contributed by atoms with van der Waals surface area (Å²) in [6, 6.07) is 27.3. The van der Waals surface area contributed by atoms with Gasteiger partial charge in [0.1, 0.15) is 17.4 Å². The number of hydrogen-bond donors (Lipinski definition) is 1. The molecule has 0 saturated heterocycles. The highest BCUT2D eigenvalue weighted by molar-refractivity contribution is 6.22. The van der Waals surface area contributed by atoms with Gasteiger partial charge in [-0.05, 0) is 41.0 Å². The predicted octanol–water partition coefficient (Wildman–Crippen LogP) is 4.50. The first kappa shape index (κ1) is 24.2. The van der Waals surface area contributed by atoms with Crippen molar-refractivity contribution in [3.8, 4) is 11.8 Å². The van der Waals surface area contributed by atoms with E-state index in [1.807, 2.05) is 66.7 Å². The van der Waals surface area contributed by atoms with Crippen molar-refractivity contribution in [1.29, 1.82) is 5.26 Å². The van der Waals surface area contributed by atoms with E-state index in [4.69, 9.17) is 9.47 Å². The summed E-state index contributed by atoms with van der Waals surface area (Å²) in [7, 11) is 1.53. The highest BCUT2D eigenvalue weighted by atomic mass is 16.5. The fraction of sp³-hybridized carbons (Fsp3) is 0.107. The zero-order chi connectivity index (χ0) is 24.2. The quantitative estimate of drug-likeness (QED) is 0.129. The Morgan fingerprint density at radius 3 is 2.12 bits per heavy atom. The van der Waals surface area contributed by atoms with Gasteiger partial charge in [-0.1, -0.05) is 72.8 Å². The average molecular weight is 453 g/mol. The average Bonchev–Trinajstić information content (AvgIpc) is 2.88. The van der Waals surface area contributed by atoms with Crippen molar-refractivity contribution in [3.05, 3.63) is 107 Å². The fourth-order valence-electron chi connectivity index (χ4n) is 3.06. The first-order valence-corrected chi connectivity index (χ1v) is 10.6. The Morgan fingerprint density at radius 2 is 1.50 bits per heavy atom. The van der Waals surface area contributed by atoms with E-state index >= 15 is 0 Å². The second kappa shape index (κ2) is 12.5. The van der Waals surface area contributed by atoms with Crippen molar-refractivity contribution >= 4 is 29.6 Å². The van der Waals surface area contributed by atoms with Crippen LogP contribution in [0.5, 0.6) is 5.75 Å². The number of ether oxygens (including phenoxy) is 2. The number of nitrogens with one attached hydrogen (secondary N) is 1. The van der Waals surface area contributed by atoms with Gasteiger partial charge in [-0.15, -0.1) is 0 Å². The molecule has 0 heterocycles. The largest absolute Gasteiger partial charge is 0.423 e. The van der Waals surface area contributed by atoms with Gasteiger partial charge in [0.25, 0.3) is 5.91 Å². The normalized spacial score (nSPS) is 11.4. The van der Waals surface area contributed by atoms with Crippen LogP contribution >= 0.6 is 0 Å². The first-order chi connectivity index (χ1) is 16.6. The number of carbonyl (C=O) groups is 2. The molecule has 6 heteroatoms. The van der Waals surface area contributed by atoms with Crippen LogP contribution in [-0.2, 0) is 14.3 Å². The topological polar surface area (TPSA) is 88.4 Å². The minimum Gasteiger partial charge on any atom is -0.423 e. The van der Waals surface area contributed by atoms with Gasteiger partial charge in [0.2, 0.25) is 0 Å². The molecule has 0 aliphatic rings. The predicted molar refractivity (Wildman–Crippen MR) is 131 cm³/mol. The Labute approximate surface area is 198 Å². The Hall–Kier alpha value is -4.47. The second-order valence-corrected chi connectivity index (χ2v) is 7.21. The van der Waals surface area contributed by atoms with E-state index in [0.717, 1.165) is 11.1 Å².